The van der Waals surface area contributed by atoms with Crippen LogP contribution in [0.25, 0.3) is 4.96 Å². The molecule has 10 heteroatoms. The van der Waals surface area contributed by atoms with Gasteiger partial charge in [0.05, 0.1) is 17.0 Å². The number of thioether (sulfide) groups is 1. The Balaban J connectivity index is 1.35. The molecule has 1 amide bonds. The standard InChI is InChI=1S/C22H18N4O4S2/c1-14-25-26-20(28)11-17(24-22(26)32-14)12-30-21(29)15-6-5-7-16(10-15)23-19(27)13-31-18-8-3-2-4-9-18/h2-11H,12-13H2,1H3,(H,23,27). The van der Waals surface area contributed by atoms with Gasteiger partial charge in [-0.3, -0.25) is 9.59 Å². The molecule has 1 N–H and O–H groups in total. The molecular weight excluding hydrogens is 448 g/mol. The zero-order valence-corrected chi connectivity index (χ0v) is 18.6. The number of nitrogens with zero attached hydrogens (tertiary/aromatic N) is 3. The first kappa shape index (κ1) is 21.7. The molecule has 2 heterocycles. The molecule has 162 valence electrons. The van der Waals surface area contributed by atoms with E-state index in [1.807, 2.05) is 30.3 Å². The molecule has 0 spiro atoms. The summed E-state index contributed by atoms with van der Waals surface area (Å²) in [5.74, 6) is -0.510. The second-order valence-electron chi connectivity index (χ2n) is 6.71. The van der Waals surface area contributed by atoms with Crippen LogP contribution in [0, 0.1) is 6.92 Å². The maximum absolute atomic E-state index is 12.5. The molecule has 0 radical (unpaired) electrons. The van der Waals surface area contributed by atoms with Crippen LogP contribution in [0.3, 0.4) is 0 Å². The molecule has 2 aromatic heterocycles. The highest BCUT2D eigenvalue weighted by Gasteiger charge is 2.12. The van der Waals surface area contributed by atoms with Crippen LogP contribution < -0.4 is 10.9 Å². The molecule has 0 aliphatic rings. The van der Waals surface area contributed by atoms with Gasteiger partial charge in [-0.2, -0.15) is 9.61 Å². The van der Waals surface area contributed by atoms with Crippen molar-refractivity contribution < 1.29 is 14.3 Å². The number of ether oxygens (including phenoxy) is 1. The predicted octanol–water partition coefficient (Wildman–Crippen LogP) is 3.55. The Kier molecular flexibility index (Phi) is 6.62. The van der Waals surface area contributed by atoms with Crippen LogP contribution in [-0.2, 0) is 16.1 Å². The topological polar surface area (TPSA) is 103 Å². The molecule has 2 aromatic carbocycles. The van der Waals surface area contributed by atoms with Gasteiger partial charge in [-0.25, -0.2) is 9.78 Å². The Labute approximate surface area is 191 Å². The van der Waals surface area contributed by atoms with Crippen LogP contribution in [0.2, 0.25) is 0 Å². The second-order valence-corrected chi connectivity index (χ2v) is 8.92. The highest BCUT2D eigenvalue weighted by Crippen LogP contribution is 2.18. The summed E-state index contributed by atoms with van der Waals surface area (Å²) in [6.07, 6.45) is 0. The lowest BCUT2D eigenvalue weighted by atomic mass is 10.2. The largest absolute Gasteiger partial charge is 0.456 e. The zero-order chi connectivity index (χ0) is 22.5. The van der Waals surface area contributed by atoms with Gasteiger partial charge in [-0.15, -0.1) is 11.8 Å². The Morgan fingerprint density at radius 1 is 1.12 bits per heavy atom. The molecule has 0 aliphatic carbocycles. The van der Waals surface area contributed by atoms with E-state index in [1.165, 1.54) is 33.7 Å². The van der Waals surface area contributed by atoms with Gasteiger partial charge in [0.25, 0.3) is 5.56 Å². The minimum Gasteiger partial charge on any atom is -0.456 e. The fraction of sp³-hybridized carbons (Fsp3) is 0.136. The molecule has 0 atom stereocenters. The summed E-state index contributed by atoms with van der Waals surface area (Å²) in [6, 6.07) is 17.4. The average molecular weight is 467 g/mol. The van der Waals surface area contributed by atoms with Gasteiger partial charge in [0.1, 0.15) is 11.6 Å². The van der Waals surface area contributed by atoms with E-state index in [4.69, 9.17) is 4.74 Å². The van der Waals surface area contributed by atoms with Crippen molar-refractivity contribution in [3.05, 3.63) is 87.3 Å². The number of aryl methyl sites for hydroxylation is 1. The van der Waals surface area contributed by atoms with Gasteiger partial charge in [0.2, 0.25) is 10.9 Å². The van der Waals surface area contributed by atoms with Crippen molar-refractivity contribution in [2.75, 3.05) is 11.1 Å². The molecular formula is C22H18N4O4S2. The van der Waals surface area contributed by atoms with Crippen LogP contribution in [-0.4, -0.2) is 32.2 Å². The first-order valence-electron chi connectivity index (χ1n) is 9.59. The summed E-state index contributed by atoms with van der Waals surface area (Å²) < 4.78 is 6.52. The third-order valence-electron chi connectivity index (χ3n) is 4.25. The second kappa shape index (κ2) is 9.75. The van der Waals surface area contributed by atoms with Gasteiger partial charge in [0.15, 0.2) is 0 Å². The molecule has 32 heavy (non-hydrogen) atoms. The predicted molar refractivity (Wildman–Crippen MR) is 123 cm³/mol. The van der Waals surface area contributed by atoms with Crippen LogP contribution in [0.5, 0.6) is 0 Å². The number of rotatable bonds is 7. The minimum absolute atomic E-state index is 0.147. The fourth-order valence-electron chi connectivity index (χ4n) is 2.84. The number of carbonyl (C=O) groups is 2. The monoisotopic (exact) mass is 466 g/mol. The summed E-state index contributed by atoms with van der Waals surface area (Å²) in [5.41, 5.74) is 0.791. The number of esters is 1. The van der Waals surface area contributed by atoms with Crippen molar-refractivity contribution in [1.29, 1.82) is 0 Å². The number of carbonyl (C=O) groups excluding carboxylic acids is 2. The summed E-state index contributed by atoms with van der Waals surface area (Å²) in [4.78, 5) is 42.5. The van der Waals surface area contributed by atoms with E-state index >= 15 is 0 Å². The Morgan fingerprint density at radius 2 is 1.94 bits per heavy atom. The number of anilines is 1. The van der Waals surface area contributed by atoms with Crippen molar-refractivity contribution >= 4 is 45.6 Å². The van der Waals surface area contributed by atoms with Crippen LogP contribution in [0.4, 0.5) is 5.69 Å². The molecule has 4 rings (SSSR count). The summed E-state index contributed by atoms with van der Waals surface area (Å²) in [6.45, 7) is 1.64. The van der Waals surface area contributed by atoms with Crippen molar-refractivity contribution in [1.82, 2.24) is 14.6 Å². The van der Waals surface area contributed by atoms with E-state index in [-0.39, 0.29) is 29.4 Å². The summed E-state index contributed by atoms with van der Waals surface area (Å²) >= 11 is 2.71. The highest BCUT2D eigenvalue weighted by molar-refractivity contribution is 8.00. The summed E-state index contributed by atoms with van der Waals surface area (Å²) in [7, 11) is 0. The Morgan fingerprint density at radius 3 is 2.75 bits per heavy atom. The molecule has 0 aliphatic heterocycles. The first-order chi connectivity index (χ1) is 15.5. The lowest BCUT2D eigenvalue weighted by Crippen LogP contribution is -2.17. The van der Waals surface area contributed by atoms with Crippen LogP contribution >= 0.6 is 23.1 Å². The lowest BCUT2D eigenvalue weighted by molar-refractivity contribution is -0.113. The number of amides is 1. The van der Waals surface area contributed by atoms with Gasteiger partial charge < -0.3 is 10.1 Å². The summed E-state index contributed by atoms with van der Waals surface area (Å²) in [5, 5.41) is 7.57. The third-order valence-corrected chi connectivity index (χ3v) is 6.08. The Hall–Kier alpha value is -3.50. The van der Waals surface area contributed by atoms with E-state index in [9.17, 15) is 14.4 Å². The van der Waals surface area contributed by atoms with Gasteiger partial charge in [-0.1, -0.05) is 35.6 Å². The highest BCUT2D eigenvalue weighted by atomic mass is 32.2. The molecule has 4 aromatic rings. The molecule has 0 saturated heterocycles. The molecule has 0 bridgehead atoms. The molecule has 0 saturated carbocycles. The quantitative estimate of drug-likeness (QED) is 0.328. The van der Waals surface area contributed by atoms with Crippen molar-refractivity contribution in [2.45, 2.75) is 18.4 Å². The maximum Gasteiger partial charge on any atom is 0.338 e. The van der Waals surface area contributed by atoms with Crippen molar-refractivity contribution in [3.8, 4) is 0 Å². The van der Waals surface area contributed by atoms with E-state index in [0.29, 0.717) is 21.3 Å². The number of benzene rings is 2. The smallest absolute Gasteiger partial charge is 0.338 e. The lowest BCUT2D eigenvalue weighted by Gasteiger charge is -2.08. The fourth-order valence-corrected chi connectivity index (χ4v) is 4.32. The SMILES string of the molecule is Cc1nn2c(=O)cc(COC(=O)c3cccc(NC(=O)CSc4ccccc4)c3)nc2s1. The van der Waals surface area contributed by atoms with E-state index in [1.54, 1.807) is 31.2 Å². The zero-order valence-electron chi connectivity index (χ0n) is 17.0. The van der Waals surface area contributed by atoms with E-state index < -0.39 is 5.97 Å². The van der Waals surface area contributed by atoms with Crippen LogP contribution in [0.1, 0.15) is 21.1 Å². The minimum atomic E-state index is -0.581. The number of aromatic nitrogens is 3. The molecule has 0 fully saturated rings. The Bertz CT molecular complexity index is 1330. The van der Waals surface area contributed by atoms with Crippen LogP contribution in [0.15, 0.2) is 70.4 Å². The van der Waals surface area contributed by atoms with E-state index in [2.05, 4.69) is 15.4 Å². The van der Waals surface area contributed by atoms with Gasteiger partial charge >= 0.3 is 5.97 Å². The number of fused-ring (bicyclic) bond motifs is 1. The molecule has 8 nitrogen and oxygen atoms in total. The van der Waals surface area contributed by atoms with Gasteiger partial charge in [0, 0.05) is 16.6 Å². The molecule has 0 unspecified atom stereocenters. The van der Waals surface area contributed by atoms with Crippen molar-refractivity contribution in [3.63, 3.8) is 0 Å². The number of hydrogen-bond acceptors (Lipinski definition) is 8. The first-order valence-corrected chi connectivity index (χ1v) is 11.4. The number of hydrogen-bond donors (Lipinski definition) is 1. The van der Waals surface area contributed by atoms with Crippen molar-refractivity contribution in [2.24, 2.45) is 0 Å². The van der Waals surface area contributed by atoms with E-state index in [0.717, 1.165) is 4.90 Å². The maximum atomic E-state index is 12.5. The van der Waals surface area contributed by atoms with Gasteiger partial charge in [-0.05, 0) is 37.3 Å². The number of nitrogens with one attached hydrogen (secondary N) is 1. The normalized spacial score (nSPS) is 10.8. The third kappa shape index (κ3) is 5.40. The average Bonchev–Trinajstić information content (AvgIpc) is 3.18.